The number of hydrogen-bond donors (Lipinski definition) is 2. The SMILES string of the molecule is C[C@@H](NC(=O)C1CCC(C(=O)O)O1)C1CCCCC1. The topological polar surface area (TPSA) is 75.6 Å². The standard InChI is InChI=1S/C14H23NO4/c1-9(10-5-3-2-4-6-10)15-13(16)11-7-8-12(19-11)14(17)18/h9-12H,2-8H2,1H3,(H,15,16)(H,17,18)/t9-,11?,12?/m1/s1. The minimum atomic E-state index is -0.976. The van der Waals surface area contributed by atoms with Crippen molar-refractivity contribution < 1.29 is 19.4 Å². The summed E-state index contributed by atoms with van der Waals surface area (Å²) in [6, 6.07) is 0.153. The van der Waals surface area contributed by atoms with Gasteiger partial charge in [-0.05, 0) is 38.5 Å². The minimum absolute atomic E-state index is 0.151. The Morgan fingerprint density at radius 3 is 2.32 bits per heavy atom. The zero-order valence-electron chi connectivity index (χ0n) is 11.4. The number of carboxylic acid groups (broad SMARTS) is 1. The molecule has 19 heavy (non-hydrogen) atoms. The Morgan fingerprint density at radius 2 is 1.74 bits per heavy atom. The average Bonchev–Trinajstić information content (AvgIpc) is 2.89. The van der Waals surface area contributed by atoms with Crippen LogP contribution in [0.5, 0.6) is 0 Å². The molecule has 1 saturated carbocycles. The highest BCUT2D eigenvalue weighted by atomic mass is 16.5. The molecule has 2 rings (SSSR count). The quantitative estimate of drug-likeness (QED) is 0.814. The molecule has 2 fully saturated rings. The third kappa shape index (κ3) is 3.69. The van der Waals surface area contributed by atoms with Crippen LogP contribution in [0.25, 0.3) is 0 Å². The zero-order valence-corrected chi connectivity index (χ0v) is 11.4. The van der Waals surface area contributed by atoms with Gasteiger partial charge in [-0.25, -0.2) is 4.79 Å². The Kier molecular flexibility index (Phi) is 4.80. The van der Waals surface area contributed by atoms with Crippen molar-refractivity contribution in [2.45, 2.75) is 70.1 Å². The lowest BCUT2D eigenvalue weighted by molar-refractivity contribution is -0.152. The predicted octanol–water partition coefficient (Wildman–Crippen LogP) is 1.70. The van der Waals surface area contributed by atoms with Gasteiger partial charge in [-0.3, -0.25) is 4.79 Å². The van der Waals surface area contributed by atoms with E-state index < -0.39 is 18.2 Å². The molecule has 5 nitrogen and oxygen atoms in total. The van der Waals surface area contributed by atoms with Gasteiger partial charge in [0.1, 0.15) is 6.10 Å². The molecule has 0 spiro atoms. The minimum Gasteiger partial charge on any atom is -0.479 e. The number of rotatable bonds is 4. The number of aliphatic carboxylic acids is 1. The maximum absolute atomic E-state index is 12.0. The number of ether oxygens (including phenoxy) is 1. The molecule has 5 heteroatoms. The maximum Gasteiger partial charge on any atom is 0.332 e. The van der Waals surface area contributed by atoms with E-state index in [4.69, 9.17) is 9.84 Å². The number of nitrogens with one attached hydrogen (secondary N) is 1. The molecule has 108 valence electrons. The first kappa shape index (κ1) is 14.3. The van der Waals surface area contributed by atoms with Crippen LogP contribution < -0.4 is 5.32 Å². The Morgan fingerprint density at radius 1 is 1.11 bits per heavy atom. The van der Waals surface area contributed by atoms with Gasteiger partial charge in [-0.2, -0.15) is 0 Å². The lowest BCUT2D eigenvalue weighted by Gasteiger charge is -2.29. The lowest BCUT2D eigenvalue weighted by atomic mass is 9.84. The number of carboxylic acids is 1. The third-order valence-corrected chi connectivity index (χ3v) is 4.31. The molecule has 1 aliphatic heterocycles. The molecule has 0 aromatic rings. The fourth-order valence-corrected chi connectivity index (χ4v) is 3.08. The lowest BCUT2D eigenvalue weighted by Crippen LogP contribution is -2.44. The van der Waals surface area contributed by atoms with Crippen LogP contribution in [0.3, 0.4) is 0 Å². The number of carbonyl (C=O) groups is 2. The number of carbonyl (C=O) groups excluding carboxylic acids is 1. The van der Waals surface area contributed by atoms with Gasteiger partial charge in [0.2, 0.25) is 5.91 Å². The summed E-state index contributed by atoms with van der Waals surface area (Å²) in [6.45, 7) is 2.04. The van der Waals surface area contributed by atoms with Crippen LogP contribution in [0, 0.1) is 5.92 Å². The van der Waals surface area contributed by atoms with Crippen molar-refractivity contribution in [1.29, 1.82) is 0 Å². The Balaban J connectivity index is 1.79. The summed E-state index contributed by atoms with van der Waals surface area (Å²) < 4.78 is 5.26. The Bertz CT molecular complexity index is 338. The highest BCUT2D eigenvalue weighted by Gasteiger charge is 2.35. The smallest absolute Gasteiger partial charge is 0.332 e. The molecule has 0 aromatic heterocycles. The van der Waals surface area contributed by atoms with Crippen LogP contribution in [0.4, 0.5) is 0 Å². The summed E-state index contributed by atoms with van der Waals surface area (Å²) in [5, 5.41) is 11.8. The van der Waals surface area contributed by atoms with E-state index in [1.165, 1.54) is 32.1 Å². The third-order valence-electron chi connectivity index (χ3n) is 4.31. The van der Waals surface area contributed by atoms with E-state index in [0.29, 0.717) is 18.8 Å². The van der Waals surface area contributed by atoms with Crippen LogP contribution in [0.15, 0.2) is 0 Å². The van der Waals surface area contributed by atoms with Crippen LogP contribution in [0.1, 0.15) is 51.9 Å². The molecule has 3 atom stereocenters. The molecule has 2 unspecified atom stereocenters. The van der Waals surface area contributed by atoms with Crippen molar-refractivity contribution in [3.05, 3.63) is 0 Å². The van der Waals surface area contributed by atoms with Gasteiger partial charge in [0.15, 0.2) is 6.10 Å². The van der Waals surface area contributed by atoms with Gasteiger partial charge in [0.05, 0.1) is 0 Å². The van der Waals surface area contributed by atoms with E-state index in [0.717, 1.165) is 0 Å². The van der Waals surface area contributed by atoms with Gasteiger partial charge < -0.3 is 15.2 Å². The molecule has 1 aliphatic carbocycles. The predicted molar refractivity (Wildman–Crippen MR) is 69.7 cm³/mol. The van der Waals surface area contributed by atoms with E-state index in [1.807, 2.05) is 6.92 Å². The van der Waals surface area contributed by atoms with Crippen LogP contribution in [-0.4, -0.2) is 35.2 Å². The average molecular weight is 269 g/mol. The van der Waals surface area contributed by atoms with Crippen LogP contribution in [0.2, 0.25) is 0 Å². The maximum atomic E-state index is 12.0. The molecular formula is C14H23NO4. The first-order valence-electron chi connectivity index (χ1n) is 7.26. The Labute approximate surface area is 113 Å². The number of hydrogen-bond acceptors (Lipinski definition) is 3. The first-order valence-corrected chi connectivity index (χ1v) is 7.26. The van der Waals surface area contributed by atoms with Gasteiger partial charge >= 0.3 is 5.97 Å². The highest BCUT2D eigenvalue weighted by Crippen LogP contribution is 2.27. The monoisotopic (exact) mass is 269 g/mol. The van der Waals surface area contributed by atoms with Crippen molar-refractivity contribution in [1.82, 2.24) is 5.32 Å². The van der Waals surface area contributed by atoms with E-state index in [2.05, 4.69) is 5.32 Å². The van der Waals surface area contributed by atoms with Crippen LogP contribution >= 0.6 is 0 Å². The van der Waals surface area contributed by atoms with Crippen molar-refractivity contribution in [2.24, 2.45) is 5.92 Å². The van der Waals surface area contributed by atoms with Crippen LogP contribution in [-0.2, 0) is 14.3 Å². The van der Waals surface area contributed by atoms with Gasteiger partial charge in [0.25, 0.3) is 0 Å². The second-order valence-electron chi connectivity index (χ2n) is 5.72. The second kappa shape index (κ2) is 6.37. The Hall–Kier alpha value is -1.10. The summed E-state index contributed by atoms with van der Waals surface area (Å²) in [4.78, 5) is 22.8. The largest absolute Gasteiger partial charge is 0.479 e. The van der Waals surface area contributed by atoms with Crippen molar-refractivity contribution in [3.8, 4) is 0 Å². The first-order chi connectivity index (χ1) is 9.08. The van der Waals surface area contributed by atoms with Crippen molar-refractivity contribution >= 4 is 11.9 Å². The molecule has 2 N–H and O–H groups in total. The number of amides is 1. The summed E-state index contributed by atoms with van der Waals surface area (Å²) in [6.07, 6.45) is 5.63. The normalized spacial score (nSPS) is 29.9. The second-order valence-corrected chi connectivity index (χ2v) is 5.72. The zero-order chi connectivity index (χ0) is 13.8. The van der Waals surface area contributed by atoms with Crippen molar-refractivity contribution in [2.75, 3.05) is 0 Å². The molecule has 1 amide bonds. The van der Waals surface area contributed by atoms with Gasteiger partial charge in [-0.1, -0.05) is 19.3 Å². The summed E-state index contributed by atoms with van der Waals surface area (Å²) >= 11 is 0. The molecule has 0 aromatic carbocycles. The van der Waals surface area contributed by atoms with E-state index >= 15 is 0 Å². The van der Waals surface area contributed by atoms with Gasteiger partial charge in [-0.15, -0.1) is 0 Å². The van der Waals surface area contributed by atoms with Gasteiger partial charge in [0, 0.05) is 6.04 Å². The highest BCUT2D eigenvalue weighted by molar-refractivity contribution is 5.82. The van der Waals surface area contributed by atoms with E-state index in [1.54, 1.807) is 0 Å². The van der Waals surface area contributed by atoms with Crippen molar-refractivity contribution in [3.63, 3.8) is 0 Å². The summed E-state index contributed by atoms with van der Waals surface area (Å²) in [5.74, 6) is -0.577. The molecule has 1 saturated heterocycles. The van der Waals surface area contributed by atoms with E-state index in [-0.39, 0.29) is 11.9 Å². The molecule has 2 aliphatic rings. The fourth-order valence-electron chi connectivity index (χ4n) is 3.08. The fraction of sp³-hybridized carbons (Fsp3) is 0.857. The molecular weight excluding hydrogens is 246 g/mol. The summed E-state index contributed by atoms with van der Waals surface area (Å²) in [5.41, 5.74) is 0. The molecule has 0 bridgehead atoms. The molecule has 1 heterocycles. The summed E-state index contributed by atoms with van der Waals surface area (Å²) in [7, 11) is 0. The molecule has 0 radical (unpaired) electrons. The van der Waals surface area contributed by atoms with E-state index in [9.17, 15) is 9.59 Å².